The fourth-order valence-corrected chi connectivity index (χ4v) is 7.23. The van der Waals surface area contributed by atoms with Gasteiger partial charge in [-0.25, -0.2) is 0 Å². The van der Waals surface area contributed by atoms with E-state index in [0.29, 0.717) is 16.9 Å². The summed E-state index contributed by atoms with van der Waals surface area (Å²) in [5.74, 6) is -0.477. The molecule has 6 heteroatoms. The lowest BCUT2D eigenvalue weighted by molar-refractivity contribution is -0.156. The van der Waals surface area contributed by atoms with E-state index in [4.69, 9.17) is 16.3 Å². The van der Waals surface area contributed by atoms with Crippen molar-refractivity contribution in [1.29, 1.82) is 0 Å². The van der Waals surface area contributed by atoms with Gasteiger partial charge in [-0.15, -0.1) is 0 Å². The Morgan fingerprint density at radius 1 is 1.22 bits per heavy atom. The minimum absolute atomic E-state index is 0.0193. The summed E-state index contributed by atoms with van der Waals surface area (Å²) in [6.45, 7) is 7.29. The van der Waals surface area contributed by atoms with Crippen LogP contribution >= 0.6 is 11.6 Å². The van der Waals surface area contributed by atoms with Crippen LogP contribution in [0.3, 0.4) is 0 Å². The van der Waals surface area contributed by atoms with E-state index in [2.05, 4.69) is 19.9 Å². The van der Waals surface area contributed by atoms with Crippen LogP contribution < -0.4 is 0 Å². The van der Waals surface area contributed by atoms with E-state index < -0.39 is 18.0 Å². The summed E-state index contributed by atoms with van der Waals surface area (Å²) < 4.78 is 5.25. The lowest BCUT2D eigenvalue weighted by atomic mass is 9.49. The van der Waals surface area contributed by atoms with Gasteiger partial charge in [0.1, 0.15) is 6.61 Å². The van der Waals surface area contributed by atoms with Gasteiger partial charge in [-0.05, 0) is 80.4 Å². The molecule has 0 aromatic carbocycles. The Morgan fingerprint density at radius 3 is 2.62 bits per heavy atom. The van der Waals surface area contributed by atoms with E-state index >= 15 is 0 Å². The van der Waals surface area contributed by atoms with Crippen LogP contribution in [0, 0.1) is 40.4 Å². The molecule has 0 saturated heterocycles. The molecular formula is C26H33ClO5. The Balaban J connectivity index is 1.53. The third-order valence-electron chi connectivity index (χ3n) is 9.00. The van der Waals surface area contributed by atoms with Gasteiger partial charge in [0.15, 0.2) is 11.6 Å². The average molecular weight is 461 g/mol. The van der Waals surface area contributed by atoms with Crippen LogP contribution in [-0.2, 0) is 19.1 Å². The molecule has 2 fully saturated rings. The highest BCUT2D eigenvalue weighted by Gasteiger charge is 2.59. The van der Waals surface area contributed by atoms with Gasteiger partial charge in [-0.3, -0.25) is 14.4 Å². The summed E-state index contributed by atoms with van der Waals surface area (Å²) in [4.78, 5) is 37.2. The van der Waals surface area contributed by atoms with E-state index in [1.807, 2.05) is 6.08 Å². The maximum Gasteiger partial charge on any atom is 0.311 e. The number of carbonyl (C=O) groups is 3. The molecule has 1 N–H and O–H groups in total. The number of hydrogen-bond acceptors (Lipinski definition) is 5. The number of aliphatic hydroxyl groups excluding tert-OH is 1. The standard InChI is InChI=1S/C26H33ClO5/c1-14(15(2)28)24(31)32-13-23(30)20-6-5-18-17-12-22(27)21-11-16(29)7-9-26(21,4)19(17)8-10-25(18,20)3/h7,9,11-12,14-15,17-20,28H,5-6,8,10,13H2,1-4H3/t14?,15?,17-,18-,19-,20+,25-,26+/m0/s1. The third kappa shape index (κ3) is 3.62. The number of hydrogen-bond donors (Lipinski definition) is 1. The van der Waals surface area contributed by atoms with Crippen molar-refractivity contribution < 1.29 is 24.2 Å². The number of allylic oxidation sites excluding steroid dienone is 6. The number of fused-ring (bicyclic) bond motifs is 5. The maximum atomic E-state index is 13.1. The zero-order chi connectivity index (χ0) is 23.4. The van der Waals surface area contributed by atoms with E-state index in [0.717, 1.165) is 31.3 Å². The van der Waals surface area contributed by atoms with Crippen molar-refractivity contribution in [2.24, 2.45) is 40.4 Å². The Labute approximate surface area is 194 Å². The highest BCUT2D eigenvalue weighted by Crippen LogP contribution is 2.65. The van der Waals surface area contributed by atoms with E-state index in [1.54, 1.807) is 19.1 Å². The fraction of sp³-hybridized carbons (Fsp3) is 0.654. The molecule has 0 aliphatic heterocycles. The molecule has 4 aliphatic carbocycles. The normalized spacial score (nSPS) is 39.8. The summed E-state index contributed by atoms with van der Waals surface area (Å²) in [7, 11) is 0. The van der Waals surface area contributed by atoms with Crippen LogP contribution in [0.1, 0.15) is 53.4 Å². The first kappa shape index (κ1) is 23.4. The molecule has 5 nitrogen and oxygen atoms in total. The van der Waals surface area contributed by atoms with Gasteiger partial charge < -0.3 is 9.84 Å². The Hall–Kier alpha value is -1.72. The second-order valence-electron chi connectivity index (χ2n) is 10.7. The topological polar surface area (TPSA) is 80.7 Å². The summed E-state index contributed by atoms with van der Waals surface area (Å²) in [5, 5.41) is 10.2. The minimum atomic E-state index is -0.812. The monoisotopic (exact) mass is 460 g/mol. The predicted octanol–water partition coefficient (Wildman–Crippen LogP) is 4.38. The number of ether oxygens (including phenoxy) is 1. The minimum Gasteiger partial charge on any atom is -0.457 e. The van der Waals surface area contributed by atoms with E-state index in [9.17, 15) is 19.5 Å². The van der Waals surface area contributed by atoms with Crippen molar-refractivity contribution in [3.05, 3.63) is 34.9 Å². The zero-order valence-corrected chi connectivity index (χ0v) is 20.0. The van der Waals surface area contributed by atoms with Gasteiger partial charge in [0.25, 0.3) is 0 Å². The molecule has 0 radical (unpaired) electrons. The quantitative estimate of drug-likeness (QED) is 0.615. The molecule has 4 rings (SSSR count). The summed E-state index contributed by atoms with van der Waals surface area (Å²) in [6.07, 6.45) is 10.3. The molecule has 2 saturated carbocycles. The third-order valence-corrected chi connectivity index (χ3v) is 9.33. The van der Waals surface area contributed by atoms with Crippen molar-refractivity contribution >= 4 is 29.1 Å². The molecule has 0 amide bonds. The van der Waals surface area contributed by atoms with Gasteiger partial charge in [0.05, 0.1) is 12.0 Å². The number of esters is 1. The number of Topliss-reactive ketones (excluding diaryl/α,β-unsaturated/α-hetero) is 1. The van der Waals surface area contributed by atoms with Crippen molar-refractivity contribution in [3.63, 3.8) is 0 Å². The van der Waals surface area contributed by atoms with Crippen LogP contribution in [0.5, 0.6) is 0 Å². The summed E-state index contributed by atoms with van der Waals surface area (Å²) in [6, 6.07) is 0. The second kappa shape index (κ2) is 8.25. The first-order chi connectivity index (χ1) is 15.0. The molecule has 0 aromatic heterocycles. The van der Waals surface area contributed by atoms with Crippen LogP contribution in [0.2, 0.25) is 0 Å². The Kier molecular flexibility index (Phi) is 6.04. The largest absolute Gasteiger partial charge is 0.457 e. The van der Waals surface area contributed by atoms with Crippen LogP contribution in [0.25, 0.3) is 0 Å². The van der Waals surface area contributed by atoms with E-state index in [1.165, 1.54) is 6.92 Å². The van der Waals surface area contributed by atoms with Crippen molar-refractivity contribution in [2.45, 2.75) is 59.5 Å². The first-order valence-corrected chi connectivity index (χ1v) is 12.1. The number of aliphatic hydroxyl groups is 1. The van der Waals surface area contributed by atoms with Gasteiger partial charge >= 0.3 is 5.97 Å². The molecule has 2 unspecified atom stereocenters. The molecule has 8 atom stereocenters. The Morgan fingerprint density at radius 2 is 1.94 bits per heavy atom. The summed E-state index contributed by atoms with van der Waals surface area (Å²) in [5.41, 5.74) is 0.488. The number of halogens is 1. The lowest BCUT2D eigenvalue weighted by Gasteiger charge is -2.55. The number of rotatable bonds is 5. The highest BCUT2D eigenvalue weighted by atomic mass is 35.5. The van der Waals surface area contributed by atoms with Gasteiger partial charge in [0.2, 0.25) is 0 Å². The van der Waals surface area contributed by atoms with Crippen molar-refractivity contribution in [2.75, 3.05) is 6.61 Å². The number of carbonyl (C=O) groups excluding carboxylic acids is 3. The fourth-order valence-electron chi connectivity index (χ4n) is 6.83. The smallest absolute Gasteiger partial charge is 0.311 e. The van der Waals surface area contributed by atoms with Gasteiger partial charge in [-0.1, -0.05) is 37.6 Å². The average Bonchev–Trinajstić information content (AvgIpc) is 3.10. The van der Waals surface area contributed by atoms with Gasteiger partial charge in [0, 0.05) is 16.4 Å². The predicted molar refractivity (Wildman–Crippen MR) is 122 cm³/mol. The molecular weight excluding hydrogens is 428 g/mol. The van der Waals surface area contributed by atoms with E-state index in [-0.39, 0.29) is 40.8 Å². The molecule has 174 valence electrons. The van der Waals surface area contributed by atoms with Crippen molar-refractivity contribution in [1.82, 2.24) is 0 Å². The molecule has 0 bridgehead atoms. The summed E-state index contributed by atoms with van der Waals surface area (Å²) >= 11 is 6.70. The SMILES string of the molecule is CC(O)C(C)C(=O)OCC(=O)[C@H]1CC[C@H]2[C@@H]3C=C(Cl)C4=CC(=O)C=C[C@]4(C)[C@H]3CC[C@]12C. The highest BCUT2D eigenvalue weighted by molar-refractivity contribution is 6.32. The maximum absolute atomic E-state index is 13.1. The molecule has 0 aromatic rings. The number of ketones is 2. The van der Waals surface area contributed by atoms with Crippen LogP contribution in [-0.4, -0.2) is 35.4 Å². The first-order valence-electron chi connectivity index (χ1n) is 11.7. The Bertz CT molecular complexity index is 931. The second-order valence-corrected chi connectivity index (χ2v) is 11.1. The zero-order valence-electron chi connectivity index (χ0n) is 19.3. The van der Waals surface area contributed by atoms with Gasteiger partial charge in [-0.2, -0.15) is 0 Å². The van der Waals surface area contributed by atoms with Crippen LogP contribution in [0.15, 0.2) is 34.9 Å². The molecule has 32 heavy (non-hydrogen) atoms. The van der Waals surface area contributed by atoms with Crippen LogP contribution in [0.4, 0.5) is 0 Å². The lowest BCUT2D eigenvalue weighted by Crippen LogP contribution is -2.49. The molecule has 4 aliphatic rings. The molecule has 0 heterocycles. The van der Waals surface area contributed by atoms with Crippen molar-refractivity contribution in [3.8, 4) is 0 Å². The molecule has 0 spiro atoms.